The van der Waals surface area contributed by atoms with Crippen LogP contribution in [-0.2, 0) is 10.8 Å². The van der Waals surface area contributed by atoms with Crippen molar-refractivity contribution < 1.29 is 9.47 Å². The van der Waals surface area contributed by atoms with Crippen LogP contribution in [0.4, 0.5) is 34.1 Å². The molecule has 0 aliphatic carbocycles. The Kier molecular flexibility index (Phi) is 10.0. The second-order valence-corrected chi connectivity index (χ2v) is 23.1. The lowest BCUT2D eigenvalue weighted by Gasteiger charge is -2.42. The van der Waals surface area contributed by atoms with E-state index < -0.39 is 0 Å². The summed E-state index contributed by atoms with van der Waals surface area (Å²) in [6, 6.07) is 70.9. The fourth-order valence-corrected chi connectivity index (χ4v) is 13.5. The quantitative estimate of drug-likeness (QED) is 0.154. The molecule has 0 spiro atoms. The molecule has 338 valence electrons. The number of benzene rings is 9. The van der Waals surface area contributed by atoms with Crippen LogP contribution in [0.1, 0.15) is 52.7 Å². The normalized spacial score (nSPS) is 13.9. The van der Waals surface area contributed by atoms with E-state index in [1.807, 2.05) is 23.5 Å². The van der Waals surface area contributed by atoms with Gasteiger partial charge in [-0.1, -0.05) is 179 Å². The number of hydrogen-bond acceptors (Lipinski definition) is 6. The van der Waals surface area contributed by atoms with E-state index in [9.17, 15) is 0 Å². The zero-order chi connectivity index (χ0) is 47.5. The molecule has 70 heavy (non-hydrogen) atoms. The zero-order valence-corrected chi connectivity index (χ0v) is 41.8. The lowest BCUT2D eigenvalue weighted by Crippen LogP contribution is -2.63. The summed E-state index contributed by atoms with van der Waals surface area (Å²) in [6.45, 7) is 13.5. The molecule has 0 saturated carbocycles. The van der Waals surface area contributed by atoms with Crippen LogP contribution < -0.4 is 52.1 Å². The van der Waals surface area contributed by atoms with Crippen LogP contribution in [0.15, 0.2) is 214 Å². The minimum atomic E-state index is 0.00815. The first-order chi connectivity index (χ1) is 33.9. The molecule has 0 unspecified atom stereocenters. The summed E-state index contributed by atoms with van der Waals surface area (Å²) in [7, 11) is 0. The molecule has 0 bridgehead atoms. The van der Waals surface area contributed by atoms with Gasteiger partial charge in [0, 0.05) is 65.8 Å². The summed E-state index contributed by atoms with van der Waals surface area (Å²) in [6.07, 6.45) is 0. The smallest absolute Gasteiger partial charge is 0.249 e. The highest BCUT2D eigenvalue weighted by molar-refractivity contribution is 8.01. The number of rotatable bonds is 6. The van der Waals surface area contributed by atoms with Crippen LogP contribution in [0.2, 0.25) is 0 Å². The lowest BCUT2D eigenvalue weighted by atomic mass is 9.32. The molecule has 4 aliphatic rings. The molecular formula is C62H50B2N2O2S2. The van der Waals surface area contributed by atoms with Crippen LogP contribution in [0.3, 0.4) is 0 Å². The highest BCUT2D eigenvalue weighted by atomic mass is 32.2. The average molecular weight is 941 g/mol. The molecule has 0 aromatic heterocycles. The molecule has 9 aromatic rings. The van der Waals surface area contributed by atoms with Crippen molar-refractivity contribution in [1.29, 1.82) is 0 Å². The fraction of sp³-hybridized carbons (Fsp3) is 0.129. The molecule has 8 heteroatoms. The Labute approximate surface area is 420 Å². The third kappa shape index (κ3) is 7.17. The third-order valence-electron chi connectivity index (χ3n) is 14.4. The number of hydrogen-bond donors (Lipinski definition) is 0. The highest BCUT2D eigenvalue weighted by Gasteiger charge is 2.46. The maximum atomic E-state index is 6.84. The number of para-hydroxylation sites is 4. The van der Waals surface area contributed by atoms with Gasteiger partial charge in [-0.2, -0.15) is 0 Å². The van der Waals surface area contributed by atoms with Crippen molar-refractivity contribution >= 4 is 104 Å². The summed E-state index contributed by atoms with van der Waals surface area (Å²) >= 11 is 3.74. The van der Waals surface area contributed by atoms with Gasteiger partial charge in [0.05, 0.1) is 0 Å². The van der Waals surface area contributed by atoms with Gasteiger partial charge in [-0.25, -0.2) is 0 Å². The second kappa shape index (κ2) is 16.3. The molecule has 4 nitrogen and oxygen atoms in total. The Balaban J connectivity index is 0.985. The Morgan fingerprint density at radius 3 is 1.13 bits per heavy atom. The molecule has 0 fully saturated rings. The van der Waals surface area contributed by atoms with E-state index in [1.165, 1.54) is 74.9 Å². The first-order valence-corrected chi connectivity index (χ1v) is 25.9. The summed E-state index contributed by atoms with van der Waals surface area (Å²) < 4.78 is 13.7. The molecular weight excluding hydrogens is 890 g/mol. The van der Waals surface area contributed by atoms with E-state index in [4.69, 9.17) is 9.47 Å². The SMILES string of the molecule is CC(C)(C)c1ccc(Oc2cc3c4c(c2)N(c2ccccc2)c2ccccc2B4c2cc4c(cc2S3)Sc2cc(Oc3ccc(C(C)(C)C)cc3)cc3c2B4c2ccccc2N3c2ccccc2)cc1. The minimum absolute atomic E-state index is 0.00815. The molecule has 0 atom stereocenters. The topological polar surface area (TPSA) is 24.9 Å². The van der Waals surface area contributed by atoms with Gasteiger partial charge < -0.3 is 19.3 Å². The predicted octanol–water partition coefficient (Wildman–Crippen LogP) is 13.4. The molecule has 13 rings (SSSR count). The molecule has 0 N–H and O–H groups in total. The number of ether oxygens (including phenoxy) is 2. The Morgan fingerprint density at radius 2 is 0.729 bits per heavy atom. The summed E-state index contributed by atoms with van der Waals surface area (Å²) in [5.74, 6) is 3.30. The predicted molar refractivity (Wildman–Crippen MR) is 297 cm³/mol. The van der Waals surface area contributed by atoms with Gasteiger partial charge in [-0.05, 0) is 123 Å². The zero-order valence-electron chi connectivity index (χ0n) is 40.2. The van der Waals surface area contributed by atoms with Crippen LogP contribution in [-0.4, -0.2) is 13.4 Å². The van der Waals surface area contributed by atoms with Crippen molar-refractivity contribution in [2.75, 3.05) is 9.80 Å². The van der Waals surface area contributed by atoms with Crippen LogP contribution in [0, 0.1) is 0 Å². The van der Waals surface area contributed by atoms with Crippen molar-refractivity contribution in [1.82, 2.24) is 0 Å². The van der Waals surface area contributed by atoms with Crippen LogP contribution >= 0.6 is 23.5 Å². The highest BCUT2D eigenvalue weighted by Crippen LogP contribution is 2.48. The average Bonchev–Trinajstić information content (AvgIpc) is 3.36. The molecule has 4 aliphatic heterocycles. The summed E-state index contributed by atoms with van der Waals surface area (Å²) in [5.41, 5.74) is 17.5. The standard InChI is InChI=1S/C62H50B2N2O2S2/c1-61(2,3)39-25-29-43(30-26-39)67-45-33-53-59-57(35-45)69-55-38-56-50(37-49(55)63(59)47-21-13-15-23-51(47)65(53)41-17-9-7-10-18-41)64-48-22-14-16-24-52(48)66(42-19-11-8-12-20-42)54-34-46(36-58(70-56)60(54)64)68-44-31-27-40(28-32-44)62(4,5)6/h7-38H,1-6H3. The molecule has 0 saturated heterocycles. The maximum Gasteiger partial charge on any atom is 0.249 e. The van der Waals surface area contributed by atoms with Gasteiger partial charge >= 0.3 is 0 Å². The number of nitrogens with zero attached hydrogens (tertiary/aromatic N) is 2. The third-order valence-corrected chi connectivity index (χ3v) is 16.6. The van der Waals surface area contributed by atoms with E-state index in [1.54, 1.807) is 0 Å². The van der Waals surface area contributed by atoms with Crippen LogP contribution in [0.5, 0.6) is 23.0 Å². The van der Waals surface area contributed by atoms with Crippen molar-refractivity contribution in [2.24, 2.45) is 0 Å². The Morgan fingerprint density at radius 1 is 0.343 bits per heavy atom. The van der Waals surface area contributed by atoms with Crippen molar-refractivity contribution in [3.05, 3.63) is 205 Å². The molecule has 9 aromatic carbocycles. The van der Waals surface area contributed by atoms with E-state index in [-0.39, 0.29) is 24.3 Å². The van der Waals surface area contributed by atoms with E-state index in [0.717, 1.165) is 45.7 Å². The Hall–Kier alpha value is -6.99. The lowest BCUT2D eigenvalue weighted by molar-refractivity contribution is 0.480. The van der Waals surface area contributed by atoms with Gasteiger partial charge in [0.2, 0.25) is 13.4 Å². The van der Waals surface area contributed by atoms with Gasteiger partial charge in [0.1, 0.15) is 23.0 Å². The van der Waals surface area contributed by atoms with Crippen LogP contribution in [0.25, 0.3) is 0 Å². The largest absolute Gasteiger partial charge is 0.457 e. The number of anilines is 6. The number of fused-ring (bicyclic) bond motifs is 8. The van der Waals surface area contributed by atoms with Crippen molar-refractivity contribution in [3.63, 3.8) is 0 Å². The first kappa shape index (κ1) is 43.1. The van der Waals surface area contributed by atoms with E-state index >= 15 is 0 Å². The fourth-order valence-electron chi connectivity index (χ4n) is 11.0. The molecule has 4 heterocycles. The first-order valence-electron chi connectivity index (χ1n) is 24.3. The van der Waals surface area contributed by atoms with Gasteiger partial charge in [0.15, 0.2) is 0 Å². The molecule has 0 amide bonds. The van der Waals surface area contributed by atoms with E-state index in [2.05, 4.69) is 245 Å². The molecule has 0 radical (unpaired) electrons. The van der Waals surface area contributed by atoms with E-state index in [0.29, 0.717) is 0 Å². The maximum absolute atomic E-state index is 6.84. The van der Waals surface area contributed by atoms with Gasteiger partial charge in [-0.15, -0.1) is 0 Å². The van der Waals surface area contributed by atoms with Crippen molar-refractivity contribution in [3.8, 4) is 23.0 Å². The second-order valence-electron chi connectivity index (χ2n) is 20.9. The summed E-state index contributed by atoms with van der Waals surface area (Å²) in [4.78, 5) is 9.85. The minimum Gasteiger partial charge on any atom is -0.457 e. The van der Waals surface area contributed by atoms with Gasteiger partial charge in [0.25, 0.3) is 0 Å². The Bertz CT molecular complexity index is 3300. The monoisotopic (exact) mass is 940 g/mol. The summed E-state index contributed by atoms with van der Waals surface area (Å²) in [5, 5.41) is 0. The van der Waals surface area contributed by atoms with Gasteiger partial charge in [-0.3, -0.25) is 0 Å². The van der Waals surface area contributed by atoms with Crippen molar-refractivity contribution in [2.45, 2.75) is 72.0 Å².